The first-order valence-electron chi connectivity index (χ1n) is 6.46. The summed E-state index contributed by atoms with van der Waals surface area (Å²) in [5.41, 5.74) is 1.35. The van der Waals surface area contributed by atoms with E-state index in [1.807, 2.05) is 30.3 Å². The minimum atomic E-state index is -0.466. The summed E-state index contributed by atoms with van der Waals surface area (Å²) >= 11 is 3.39. The molecule has 0 saturated heterocycles. The second kappa shape index (κ2) is 7.43. The van der Waals surface area contributed by atoms with Crippen LogP contribution in [0.3, 0.4) is 0 Å². The van der Waals surface area contributed by atoms with Gasteiger partial charge in [-0.15, -0.1) is 0 Å². The van der Waals surface area contributed by atoms with Gasteiger partial charge in [0.15, 0.2) is 0 Å². The summed E-state index contributed by atoms with van der Waals surface area (Å²) in [5.74, 6) is 0.164. The van der Waals surface area contributed by atoms with Crippen molar-refractivity contribution in [1.29, 1.82) is 5.26 Å². The van der Waals surface area contributed by atoms with E-state index in [0.717, 1.165) is 10.0 Å². The van der Waals surface area contributed by atoms with E-state index in [1.54, 1.807) is 37.5 Å². The zero-order valence-electron chi connectivity index (χ0n) is 11.8. The molecular weight excluding hydrogens is 344 g/mol. The van der Waals surface area contributed by atoms with E-state index in [-0.39, 0.29) is 5.57 Å². The molecule has 22 heavy (non-hydrogen) atoms. The third-order valence-electron chi connectivity index (χ3n) is 2.90. The number of amides is 1. The molecule has 0 radical (unpaired) electrons. The molecule has 2 aromatic carbocycles. The Morgan fingerprint density at radius 1 is 1.27 bits per heavy atom. The number of halogens is 1. The molecule has 0 aliphatic carbocycles. The summed E-state index contributed by atoms with van der Waals surface area (Å²) in [5, 5.41) is 11.9. The third kappa shape index (κ3) is 3.96. The van der Waals surface area contributed by atoms with Gasteiger partial charge in [-0.05, 0) is 29.8 Å². The van der Waals surface area contributed by atoms with Crippen molar-refractivity contribution in [3.05, 3.63) is 64.1 Å². The molecule has 4 nitrogen and oxygen atoms in total. The predicted molar refractivity (Wildman–Crippen MR) is 89.4 cm³/mol. The number of nitrogens with zero attached hydrogens (tertiary/aromatic N) is 1. The number of carbonyl (C=O) groups is 1. The van der Waals surface area contributed by atoms with Crippen LogP contribution in [0.5, 0.6) is 5.75 Å². The lowest BCUT2D eigenvalue weighted by atomic mass is 10.1. The average molecular weight is 357 g/mol. The smallest absolute Gasteiger partial charge is 0.266 e. The van der Waals surface area contributed by atoms with Crippen molar-refractivity contribution in [2.45, 2.75) is 0 Å². The minimum absolute atomic E-state index is 0.0229. The van der Waals surface area contributed by atoms with Crippen LogP contribution >= 0.6 is 15.9 Å². The van der Waals surface area contributed by atoms with Crippen molar-refractivity contribution in [3.63, 3.8) is 0 Å². The minimum Gasteiger partial charge on any atom is -0.497 e. The molecule has 0 bridgehead atoms. The van der Waals surface area contributed by atoms with Crippen molar-refractivity contribution >= 4 is 33.6 Å². The molecule has 0 unspecified atom stereocenters. The summed E-state index contributed by atoms with van der Waals surface area (Å²) in [7, 11) is 1.55. The molecule has 0 aromatic heterocycles. The average Bonchev–Trinajstić information content (AvgIpc) is 2.54. The van der Waals surface area contributed by atoms with E-state index in [4.69, 9.17) is 4.74 Å². The fraction of sp³-hybridized carbons (Fsp3) is 0.0588. The number of nitrogens with one attached hydrogen (secondary N) is 1. The SMILES string of the molecule is COc1cccc(NC(=O)/C(C#N)=C\c2ccccc2Br)c1. The highest BCUT2D eigenvalue weighted by molar-refractivity contribution is 9.10. The van der Waals surface area contributed by atoms with Gasteiger partial charge in [0.2, 0.25) is 0 Å². The van der Waals surface area contributed by atoms with Crippen LogP contribution in [0, 0.1) is 11.3 Å². The first-order chi connectivity index (χ1) is 10.6. The molecule has 110 valence electrons. The number of rotatable bonds is 4. The Morgan fingerprint density at radius 3 is 2.73 bits per heavy atom. The van der Waals surface area contributed by atoms with E-state index >= 15 is 0 Å². The van der Waals surface area contributed by atoms with Gasteiger partial charge < -0.3 is 10.1 Å². The lowest BCUT2D eigenvalue weighted by molar-refractivity contribution is -0.112. The summed E-state index contributed by atoms with van der Waals surface area (Å²) in [4.78, 5) is 12.2. The van der Waals surface area contributed by atoms with Gasteiger partial charge in [-0.2, -0.15) is 5.26 Å². The number of benzene rings is 2. The molecule has 0 atom stereocenters. The van der Waals surface area contributed by atoms with Crippen LogP contribution in [0.25, 0.3) is 6.08 Å². The summed E-state index contributed by atoms with van der Waals surface area (Å²) in [6, 6.07) is 16.2. The Balaban J connectivity index is 2.23. The Labute approximate surface area is 137 Å². The van der Waals surface area contributed by atoms with Crippen molar-refractivity contribution in [1.82, 2.24) is 0 Å². The van der Waals surface area contributed by atoms with Crippen LogP contribution in [0.15, 0.2) is 58.6 Å². The van der Waals surface area contributed by atoms with Gasteiger partial charge in [0.05, 0.1) is 7.11 Å². The van der Waals surface area contributed by atoms with Crippen LogP contribution in [-0.2, 0) is 4.79 Å². The van der Waals surface area contributed by atoms with Gasteiger partial charge in [0.25, 0.3) is 5.91 Å². The molecule has 2 aromatic rings. The lowest BCUT2D eigenvalue weighted by Crippen LogP contribution is -2.13. The number of methoxy groups -OCH3 is 1. The highest BCUT2D eigenvalue weighted by Gasteiger charge is 2.10. The lowest BCUT2D eigenvalue weighted by Gasteiger charge is -2.06. The second-order valence-electron chi connectivity index (χ2n) is 4.38. The first-order valence-corrected chi connectivity index (χ1v) is 7.25. The van der Waals surface area contributed by atoms with Gasteiger partial charge in [0, 0.05) is 16.2 Å². The zero-order chi connectivity index (χ0) is 15.9. The van der Waals surface area contributed by atoms with Gasteiger partial charge in [0.1, 0.15) is 17.4 Å². The fourth-order valence-corrected chi connectivity index (χ4v) is 2.19. The number of hydrogen-bond donors (Lipinski definition) is 1. The van der Waals surface area contributed by atoms with Gasteiger partial charge in [-0.1, -0.05) is 40.2 Å². The molecule has 0 spiro atoms. The van der Waals surface area contributed by atoms with Gasteiger partial charge in [-0.3, -0.25) is 4.79 Å². The molecule has 2 rings (SSSR count). The largest absolute Gasteiger partial charge is 0.497 e. The van der Waals surface area contributed by atoms with Gasteiger partial charge >= 0.3 is 0 Å². The Bertz CT molecular complexity index is 763. The third-order valence-corrected chi connectivity index (χ3v) is 3.62. The first kappa shape index (κ1) is 15.8. The number of hydrogen-bond acceptors (Lipinski definition) is 3. The van der Waals surface area contributed by atoms with E-state index < -0.39 is 5.91 Å². The van der Waals surface area contributed by atoms with Crippen LogP contribution < -0.4 is 10.1 Å². The topological polar surface area (TPSA) is 62.1 Å². The highest BCUT2D eigenvalue weighted by Crippen LogP contribution is 2.20. The molecule has 0 heterocycles. The normalized spacial score (nSPS) is 10.7. The summed E-state index contributed by atoms with van der Waals surface area (Å²) in [6.45, 7) is 0. The Hall–Kier alpha value is -2.58. The Morgan fingerprint density at radius 2 is 2.05 bits per heavy atom. The molecule has 1 N–H and O–H groups in total. The monoisotopic (exact) mass is 356 g/mol. The molecule has 5 heteroatoms. The molecule has 0 fully saturated rings. The quantitative estimate of drug-likeness (QED) is 0.665. The van der Waals surface area contributed by atoms with E-state index in [2.05, 4.69) is 21.2 Å². The summed E-state index contributed by atoms with van der Waals surface area (Å²) in [6.07, 6.45) is 1.54. The standard InChI is InChI=1S/C17H13BrN2O2/c1-22-15-7-4-6-14(10-15)20-17(21)13(11-19)9-12-5-2-3-8-16(12)18/h2-10H,1H3,(H,20,21)/b13-9-. The molecule has 0 saturated carbocycles. The molecule has 0 aliphatic rings. The molecule has 1 amide bonds. The number of anilines is 1. The van der Waals surface area contributed by atoms with Crippen LogP contribution in [0.4, 0.5) is 5.69 Å². The van der Waals surface area contributed by atoms with E-state index in [9.17, 15) is 10.1 Å². The maximum absolute atomic E-state index is 12.2. The number of nitriles is 1. The predicted octanol–water partition coefficient (Wildman–Crippen LogP) is 4.00. The maximum atomic E-state index is 12.2. The highest BCUT2D eigenvalue weighted by atomic mass is 79.9. The van der Waals surface area contributed by atoms with Crippen LogP contribution in [0.2, 0.25) is 0 Å². The van der Waals surface area contributed by atoms with Crippen LogP contribution in [-0.4, -0.2) is 13.0 Å². The Kier molecular flexibility index (Phi) is 5.34. The molecular formula is C17H13BrN2O2. The van der Waals surface area contributed by atoms with Crippen molar-refractivity contribution in [2.75, 3.05) is 12.4 Å². The van der Waals surface area contributed by atoms with Crippen LogP contribution in [0.1, 0.15) is 5.56 Å². The van der Waals surface area contributed by atoms with Crippen molar-refractivity contribution in [3.8, 4) is 11.8 Å². The maximum Gasteiger partial charge on any atom is 0.266 e. The van der Waals surface area contributed by atoms with Crippen molar-refractivity contribution < 1.29 is 9.53 Å². The summed E-state index contributed by atoms with van der Waals surface area (Å²) < 4.78 is 5.91. The zero-order valence-corrected chi connectivity index (χ0v) is 13.4. The van der Waals surface area contributed by atoms with E-state index in [0.29, 0.717) is 11.4 Å². The number of ether oxygens (including phenoxy) is 1. The van der Waals surface area contributed by atoms with Crippen molar-refractivity contribution in [2.24, 2.45) is 0 Å². The van der Waals surface area contributed by atoms with Gasteiger partial charge in [-0.25, -0.2) is 0 Å². The van der Waals surface area contributed by atoms with E-state index in [1.165, 1.54) is 0 Å². The molecule has 0 aliphatic heterocycles. The fourth-order valence-electron chi connectivity index (χ4n) is 1.80. The second-order valence-corrected chi connectivity index (χ2v) is 5.23. The number of carbonyl (C=O) groups excluding carboxylic acids is 1.